The average Bonchev–Trinajstić information content (AvgIpc) is 2.46. The molecule has 0 atom stereocenters. The van der Waals surface area contributed by atoms with E-state index in [0.717, 1.165) is 12.8 Å². The van der Waals surface area contributed by atoms with Crippen molar-refractivity contribution in [2.75, 3.05) is 21.3 Å². The Morgan fingerprint density at radius 2 is 1.57 bits per heavy atom. The largest absolute Gasteiger partial charge is 0.511 e. The van der Waals surface area contributed by atoms with Gasteiger partial charge in [0.15, 0.2) is 11.5 Å². The normalized spacial score (nSPS) is 10.1. The molecule has 1 rings (SSSR count). The molecule has 0 fully saturated rings. The summed E-state index contributed by atoms with van der Waals surface area (Å²) in [4.78, 5) is 10.9. The maximum absolute atomic E-state index is 10.9. The number of carboxylic acid groups (broad SMARTS) is 1. The molecule has 7 heteroatoms. The van der Waals surface area contributed by atoms with Crippen molar-refractivity contribution < 1.29 is 34.0 Å². The Morgan fingerprint density at radius 3 is 2.00 bits per heavy atom. The van der Waals surface area contributed by atoms with Crippen LogP contribution in [-0.2, 0) is 6.42 Å². The van der Waals surface area contributed by atoms with Crippen molar-refractivity contribution in [1.29, 1.82) is 0 Å². The average molecular weight is 300 g/mol. The van der Waals surface area contributed by atoms with Gasteiger partial charge < -0.3 is 29.2 Å². The Labute approximate surface area is 123 Å². The molecule has 0 bridgehead atoms. The summed E-state index contributed by atoms with van der Waals surface area (Å²) in [7, 11) is 4.16. The number of hydrogen-bond donors (Lipinski definition) is 2. The molecule has 0 heterocycles. The maximum atomic E-state index is 10.9. The quantitative estimate of drug-likeness (QED) is 0.590. The molecule has 118 valence electrons. The zero-order valence-corrected chi connectivity index (χ0v) is 12.6. The number of hydrogen-bond acceptors (Lipinski definition) is 6. The standard InChI is InChI=1S/C14H20O7/c1-5-6-7-8-10(21-14(16)17)9(15)12(19-3)13(20-4)11(8)18-2/h15H,5-7H2,1-4H3,(H,16,17). The lowest BCUT2D eigenvalue weighted by Crippen LogP contribution is -2.09. The Bertz CT molecular complexity index is 511. The SMILES string of the molecule is CCCCc1c(OC(=O)O)c(O)c(OC)c(OC)c1OC. The Morgan fingerprint density at radius 1 is 1.00 bits per heavy atom. The number of carbonyl (C=O) groups is 1. The highest BCUT2D eigenvalue weighted by Gasteiger charge is 2.28. The molecule has 2 N–H and O–H groups in total. The molecule has 0 aliphatic heterocycles. The van der Waals surface area contributed by atoms with E-state index in [1.165, 1.54) is 21.3 Å². The number of ether oxygens (including phenoxy) is 4. The number of phenols is 1. The number of unbranched alkanes of at least 4 members (excludes halogenated alkanes) is 1. The number of benzene rings is 1. The van der Waals surface area contributed by atoms with Gasteiger partial charge in [-0.15, -0.1) is 0 Å². The van der Waals surface area contributed by atoms with Gasteiger partial charge in [-0.3, -0.25) is 0 Å². The molecule has 0 aliphatic rings. The summed E-state index contributed by atoms with van der Waals surface area (Å²) < 4.78 is 20.3. The van der Waals surface area contributed by atoms with E-state index in [2.05, 4.69) is 0 Å². The van der Waals surface area contributed by atoms with Gasteiger partial charge >= 0.3 is 6.16 Å². The third kappa shape index (κ3) is 3.42. The monoisotopic (exact) mass is 300 g/mol. The van der Waals surface area contributed by atoms with Crippen molar-refractivity contribution in [3.05, 3.63) is 5.56 Å². The summed E-state index contributed by atoms with van der Waals surface area (Å²) in [6.45, 7) is 1.99. The molecule has 21 heavy (non-hydrogen) atoms. The third-order valence-electron chi connectivity index (χ3n) is 2.97. The summed E-state index contributed by atoms with van der Waals surface area (Å²) in [5.74, 6) is -0.168. The van der Waals surface area contributed by atoms with Crippen molar-refractivity contribution in [2.24, 2.45) is 0 Å². The van der Waals surface area contributed by atoms with E-state index in [1.54, 1.807) is 0 Å². The molecular formula is C14H20O7. The second kappa shape index (κ2) is 7.47. The minimum Gasteiger partial charge on any atom is -0.502 e. The van der Waals surface area contributed by atoms with Crippen molar-refractivity contribution in [2.45, 2.75) is 26.2 Å². The fourth-order valence-corrected chi connectivity index (χ4v) is 2.07. The van der Waals surface area contributed by atoms with Gasteiger partial charge in [0.2, 0.25) is 17.2 Å². The van der Waals surface area contributed by atoms with Gasteiger partial charge in [-0.1, -0.05) is 13.3 Å². The molecule has 0 amide bonds. The molecule has 0 aromatic heterocycles. The van der Waals surface area contributed by atoms with Crippen LogP contribution in [0, 0.1) is 0 Å². The minimum atomic E-state index is -1.53. The highest BCUT2D eigenvalue weighted by molar-refractivity contribution is 5.73. The lowest BCUT2D eigenvalue weighted by Gasteiger charge is -2.20. The summed E-state index contributed by atoms with van der Waals surface area (Å²) >= 11 is 0. The first-order valence-corrected chi connectivity index (χ1v) is 6.46. The smallest absolute Gasteiger partial charge is 0.502 e. The first-order chi connectivity index (χ1) is 10.0. The lowest BCUT2D eigenvalue weighted by molar-refractivity contribution is 0.141. The fourth-order valence-electron chi connectivity index (χ4n) is 2.07. The van der Waals surface area contributed by atoms with Gasteiger partial charge in [0.1, 0.15) is 0 Å². The number of aromatic hydroxyl groups is 1. The van der Waals surface area contributed by atoms with Crippen LogP contribution in [0.3, 0.4) is 0 Å². The second-order valence-corrected chi connectivity index (χ2v) is 4.23. The number of rotatable bonds is 7. The lowest BCUT2D eigenvalue weighted by atomic mass is 10.0. The van der Waals surface area contributed by atoms with E-state index in [-0.39, 0.29) is 23.0 Å². The van der Waals surface area contributed by atoms with Gasteiger partial charge in [0.25, 0.3) is 0 Å². The van der Waals surface area contributed by atoms with E-state index in [0.29, 0.717) is 12.0 Å². The van der Waals surface area contributed by atoms with Crippen LogP contribution in [0.5, 0.6) is 28.7 Å². The van der Waals surface area contributed by atoms with Crippen LogP contribution in [0.1, 0.15) is 25.3 Å². The fraction of sp³-hybridized carbons (Fsp3) is 0.500. The molecule has 0 unspecified atom stereocenters. The Kier molecular flexibility index (Phi) is 5.95. The van der Waals surface area contributed by atoms with Crippen LogP contribution >= 0.6 is 0 Å². The molecule has 7 nitrogen and oxygen atoms in total. The van der Waals surface area contributed by atoms with Gasteiger partial charge in [0, 0.05) is 5.56 Å². The van der Waals surface area contributed by atoms with Crippen molar-refractivity contribution >= 4 is 6.16 Å². The maximum Gasteiger partial charge on any atom is 0.511 e. The molecule has 0 radical (unpaired) electrons. The van der Waals surface area contributed by atoms with Crippen LogP contribution in [0.2, 0.25) is 0 Å². The van der Waals surface area contributed by atoms with Crippen LogP contribution in [0.25, 0.3) is 0 Å². The first kappa shape index (κ1) is 16.7. The summed E-state index contributed by atoms with van der Waals surface area (Å²) in [6, 6.07) is 0. The molecule has 0 saturated carbocycles. The summed E-state index contributed by atoms with van der Waals surface area (Å²) in [5, 5.41) is 19.0. The van der Waals surface area contributed by atoms with Crippen molar-refractivity contribution in [1.82, 2.24) is 0 Å². The van der Waals surface area contributed by atoms with Gasteiger partial charge in [-0.2, -0.15) is 0 Å². The molecule has 0 aliphatic carbocycles. The number of phenolic OH excluding ortho intramolecular Hbond substituents is 1. The summed E-state index contributed by atoms with van der Waals surface area (Å²) in [6.07, 6.45) is 0.583. The number of methoxy groups -OCH3 is 3. The molecule has 0 spiro atoms. The Hall–Kier alpha value is -2.31. The van der Waals surface area contributed by atoms with E-state index in [9.17, 15) is 9.90 Å². The highest BCUT2D eigenvalue weighted by Crippen LogP contribution is 2.53. The summed E-state index contributed by atoms with van der Waals surface area (Å²) in [5.41, 5.74) is 0.428. The van der Waals surface area contributed by atoms with Gasteiger partial charge in [-0.05, 0) is 12.8 Å². The van der Waals surface area contributed by atoms with Crippen molar-refractivity contribution in [3.63, 3.8) is 0 Å². The first-order valence-electron chi connectivity index (χ1n) is 6.46. The van der Waals surface area contributed by atoms with Crippen LogP contribution in [0.4, 0.5) is 4.79 Å². The molecule has 1 aromatic carbocycles. The molecule has 1 aromatic rings. The van der Waals surface area contributed by atoms with E-state index in [4.69, 9.17) is 24.1 Å². The van der Waals surface area contributed by atoms with E-state index < -0.39 is 11.9 Å². The van der Waals surface area contributed by atoms with E-state index >= 15 is 0 Å². The van der Waals surface area contributed by atoms with Crippen LogP contribution in [0.15, 0.2) is 0 Å². The predicted molar refractivity (Wildman–Crippen MR) is 75.0 cm³/mol. The van der Waals surface area contributed by atoms with E-state index in [1.807, 2.05) is 6.92 Å². The van der Waals surface area contributed by atoms with Crippen molar-refractivity contribution in [3.8, 4) is 28.7 Å². The minimum absolute atomic E-state index is 0.0363. The predicted octanol–water partition coefficient (Wildman–Crippen LogP) is 2.82. The second-order valence-electron chi connectivity index (χ2n) is 4.23. The van der Waals surface area contributed by atoms with Gasteiger partial charge in [-0.25, -0.2) is 4.79 Å². The zero-order chi connectivity index (χ0) is 16.0. The highest BCUT2D eigenvalue weighted by atomic mass is 16.7. The van der Waals surface area contributed by atoms with Crippen LogP contribution in [-0.4, -0.2) is 37.7 Å². The zero-order valence-electron chi connectivity index (χ0n) is 12.6. The Balaban J connectivity index is 3.60. The topological polar surface area (TPSA) is 94.5 Å². The van der Waals surface area contributed by atoms with Crippen LogP contribution < -0.4 is 18.9 Å². The van der Waals surface area contributed by atoms with Gasteiger partial charge in [0.05, 0.1) is 21.3 Å². The molecule has 0 saturated heterocycles. The third-order valence-corrected chi connectivity index (χ3v) is 2.97. The molecular weight excluding hydrogens is 280 g/mol.